The van der Waals surface area contributed by atoms with Crippen LogP contribution < -0.4 is 15.6 Å². The number of hydrogen-bond acceptors (Lipinski definition) is 3. The summed E-state index contributed by atoms with van der Waals surface area (Å²) in [6.07, 6.45) is 3.00. The van der Waals surface area contributed by atoms with E-state index in [-0.39, 0.29) is 6.61 Å². The van der Waals surface area contributed by atoms with Crippen LogP contribution in [0, 0.1) is 13.8 Å². The zero-order valence-corrected chi connectivity index (χ0v) is 14.8. The molecule has 0 atom stereocenters. The molecule has 25 heavy (non-hydrogen) atoms. The lowest BCUT2D eigenvalue weighted by Crippen LogP contribution is -2.43. The van der Waals surface area contributed by atoms with E-state index in [1.165, 1.54) is 6.08 Å². The van der Waals surface area contributed by atoms with Crippen molar-refractivity contribution in [1.29, 1.82) is 0 Å². The van der Waals surface area contributed by atoms with Gasteiger partial charge in [-0.3, -0.25) is 20.4 Å². The van der Waals surface area contributed by atoms with Crippen molar-refractivity contribution in [3.63, 3.8) is 0 Å². The average molecular weight is 359 g/mol. The van der Waals surface area contributed by atoms with Crippen molar-refractivity contribution in [2.45, 2.75) is 13.8 Å². The van der Waals surface area contributed by atoms with Crippen LogP contribution in [0.4, 0.5) is 0 Å². The summed E-state index contributed by atoms with van der Waals surface area (Å²) in [5, 5.41) is 0.629. The van der Waals surface area contributed by atoms with E-state index in [9.17, 15) is 9.59 Å². The first kappa shape index (κ1) is 18.5. The van der Waals surface area contributed by atoms with Crippen molar-refractivity contribution in [3.05, 3.63) is 70.3 Å². The summed E-state index contributed by atoms with van der Waals surface area (Å²) in [5.41, 5.74) is 7.47. The van der Waals surface area contributed by atoms with Crippen LogP contribution in [0.3, 0.4) is 0 Å². The minimum Gasteiger partial charge on any atom is -0.484 e. The maximum absolute atomic E-state index is 11.7. The molecule has 0 radical (unpaired) electrons. The molecule has 2 amide bonds. The van der Waals surface area contributed by atoms with Gasteiger partial charge in [0.2, 0.25) is 0 Å². The van der Waals surface area contributed by atoms with Gasteiger partial charge < -0.3 is 4.74 Å². The highest BCUT2D eigenvalue weighted by molar-refractivity contribution is 6.31. The predicted molar refractivity (Wildman–Crippen MR) is 98.2 cm³/mol. The maximum atomic E-state index is 11.7. The molecule has 2 aromatic carbocycles. The fourth-order valence-electron chi connectivity index (χ4n) is 1.91. The minimum atomic E-state index is -0.468. The Hall–Kier alpha value is -2.79. The van der Waals surface area contributed by atoms with Gasteiger partial charge in [-0.25, -0.2) is 0 Å². The molecule has 0 bridgehead atoms. The number of aryl methyl sites for hydroxylation is 2. The Bertz CT molecular complexity index is 786. The summed E-state index contributed by atoms with van der Waals surface area (Å²) in [6.45, 7) is 3.61. The third-order valence-corrected chi connectivity index (χ3v) is 3.75. The smallest absolute Gasteiger partial charge is 0.276 e. The SMILES string of the molecule is Cc1ccc(C=CC(=O)NNC(=O)COc2ccc(Cl)c(C)c2)cc1. The highest BCUT2D eigenvalue weighted by Gasteiger charge is 2.05. The lowest BCUT2D eigenvalue weighted by Gasteiger charge is -2.08. The first-order valence-corrected chi connectivity index (χ1v) is 8.04. The van der Waals surface area contributed by atoms with Gasteiger partial charge in [0.25, 0.3) is 11.8 Å². The molecule has 0 spiro atoms. The van der Waals surface area contributed by atoms with Crippen LogP contribution >= 0.6 is 11.6 Å². The van der Waals surface area contributed by atoms with Crippen molar-refractivity contribution in [3.8, 4) is 5.75 Å². The molecule has 0 aromatic heterocycles. The predicted octanol–water partition coefficient (Wildman–Crippen LogP) is 3.20. The molecule has 2 aromatic rings. The van der Waals surface area contributed by atoms with Crippen LogP contribution in [0.1, 0.15) is 16.7 Å². The number of benzene rings is 2. The van der Waals surface area contributed by atoms with Crippen LogP contribution in [-0.4, -0.2) is 18.4 Å². The lowest BCUT2D eigenvalue weighted by atomic mass is 10.1. The van der Waals surface area contributed by atoms with Crippen LogP contribution in [0.2, 0.25) is 5.02 Å². The molecule has 6 heteroatoms. The normalized spacial score (nSPS) is 10.5. The van der Waals surface area contributed by atoms with Crippen LogP contribution in [-0.2, 0) is 9.59 Å². The van der Waals surface area contributed by atoms with Gasteiger partial charge in [0, 0.05) is 11.1 Å². The van der Waals surface area contributed by atoms with Crippen molar-refractivity contribution in [2.75, 3.05) is 6.61 Å². The number of carbonyl (C=O) groups excluding carboxylic acids is 2. The number of nitrogens with one attached hydrogen (secondary N) is 2. The summed E-state index contributed by atoms with van der Waals surface area (Å²) in [6, 6.07) is 12.8. The highest BCUT2D eigenvalue weighted by Crippen LogP contribution is 2.20. The average Bonchev–Trinajstić information content (AvgIpc) is 2.60. The fraction of sp³-hybridized carbons (Fsp3) is 0.158. The molecule has 0 unspecified atom stereocenters. The quantitative estimate of drug-likeness (QED) is 0.637. The van der Waals surface area contributed by atoms with Crippen molar-refractivity contribution < 1.29 is 14.3 Å². The maximum Gasteiger partial charge on any atom is 0.276 e. The van der Waals surface area contributed by atoms with Gasteiger partial charge in [0.15, 0.2) is 6.61 Å². The van der Waals surface area contributed by atoms with Crippen molar-refractivity contribution >= 4 is 29.5 Å². The van der Waals surface area contributed by atoms with Gasteiger partial charge in [0.1, 0.15) is 5.75 Å². The number of hydrogen-bond donors (Lipinski definition) is 2. The van der Waals surface area contributed by atoms with E-state index in [1.54, 1.807) is 24.3 Å². The van der Waals surface area contributed by atoms with E-state index < -0.39 is 11.8 Å². The number of amides is 2. The molecule has 0 saturated carbocycles. The largest absolute Gasteiger partial charge is 0.484 e. The number of carbonyl (C=O) groups is 2. The number of hydrazine groups is 1. The topological polar surface area (TPSA) is 67.4 Å². The standard InChI is InChI=1S/C19H19ClN2O3/c1-13-3-5-15(6-4-13)7-10-18(23)21-22-19(24)12-25-16-8-9-17(20)14(2)11-16/h3-11H,12H2,1-2H3,(H,21,23)(H,22,24). The van der Waals surface area contributed by atoms with Gasteiger partial charge in [-0.15, -0.1) is 0 Å². The molecule has 2 rings (SSSR count). The molecule has 0 aliphatic carbocycles. The summed E-state index contributed by atoms with van der Waals surface area (Å²) in [5.74, 6) is -0.372. The molecule has 0 heterocycles. The Morgan fingerprint density at radius 3 is 2.48 bits per heavy atom. The fourth-order valence-corrected chi connectivity index (χ4v) is 2.03. The Labute approximate surface area is 151 Å². The van der Waals surface area contributed by atoms with E-state index in [4.69, 9.17) is 16.3 Å². The Morgan fingerprint density at radius 2 is 1.80 bits per heavy atom. The van der Waals surface area contributed by atoms with Crippen LogP contribution in [0.15, 0.2) is 48.5 Å². The molecule has 0 aliphatic rings. The van der Waals surface area contributed by atoms with Crippen molar-refractivity contribution in [1.82, 2.24) is 10.9 Å². The summed E-state index contributed by atoms with van der Waals surface area (Å²) in [7, 11) is 0. The Balaban J connectivity index is 1.74. The molecule has 130 valence electrons. The third-order valence-electron chi connectivity index (χ3n) is 3.33. The monoisotopic (exact) mass is 358 g/mol. The van der Waals surface area contributed by atoms with E-state index in [0.29, 0.717) is 10.8 Å². The third kappa shape index (κ3) is 6.31. The van der Waals surface area contributed by atoms with Gasteiger partial charge in [-0.05, 0) is 49.2 Å². The van der Waals surface area contributed by atoms with Gasteiger partial charge in [-0.1, -0.05) is 41.4 Å². The number of halogens is 1. The van der Waals surface area contributed by atoms with Crippen LogP contribution in [0.5, 0.6) is 5.75 Å². The van der Waals surface area contributed by atoms with Gasteiger partial charge >= 0.3 is 0 Å². The molecule has 0 fully saturated rings. The van der Waals surface area contributed by atoms with Crippen LogP contribution in [0.25, 0.3) is 6.08 Å². The summed E-state index contributed by atoms with van der Waals surface area (Å²) >= 11 is 5.92. The number of rotatable bonds is 5. The lowest BCUT2D eigenvalue weighted by molar-refractivity contribution is -0.128. The second-order valence-electron chi connectivity index (χ2n) is 5.48. The molecular formula is C19H19ClN2O3. The van der Waals surface area contributed by atoms with E-state index in [2.05, 4.69) is 10.9 Å². The molecule has 0 aliphatic heterocycles. The minimum absolute atomic E-state index is 0.219. The van der Waals surface area contributed by atoms with E-state index in [0.717, 1.165) is 16.7 Å². The van der Waals surface area contributed by atoms with E-state index in [1.807, 2.05) is 38.1 Å². The summed E-state index contributed by atoms with van der Waals surface area (Å²) < 4.78 is 5.34. The summed E-state index contributed by atoms with van der Waals surface area (Å²) in [4.78, 5) is 23.4. The molecule has 2 N–H and O–H groups in total. The first-order valence-electron chi connectivity index (χ1n) is 7.66. The molecular weight excluding hydrogens is 340 g/mol. The van der Waals surface area contributed by atoms with Crippen molar-refractivity contribution in [2.24, 2.45) is 0 Å². The van der Waals surface area contributed by atoms with E-state index >= 15 is 0 Å². The first-order chi connectivity index (χ1) is 11.9. The Morgan fingerprint density at radius 1 is 1.08 bits per heavy atom. The zero-order chi connectivity index (χ0) is 18.2. The molecule has 0 saturated heterocycles. The Kier molecular flexibility index (Phi) is 6.60. The second-order valence-corrected chi connectivity index (χ2v) is 5.89. The number of ether oxygens (including phenoxy) is 1. The van der Waals surface area contributed by atoms with Gasteiger partial charge in [0.05, 0.1) is 0 Å². The van der Waals surface area contributed by atoms with Gasteiger partial charge in [-0.2, -0.15) is 0 Å². The molecule has 5 nitrogen and oxygen atoms in total. The zero-order valence-electron chi connectivity index (χ0n) is 14.0. The highest BCUT2D eigenvalue weighted by atomic mass is 35.5. The second kappa shape index (κ2) is 8.89.